The number of benzene rings is 2. The lowest BCUT2D eigenvalue weighted by atomic mass is 9.92. The molecule has 1 atom stereocenters. The normalized spacial score (nSPS) is 21.2. The summed E-state index contributed by atoms with van der Waals surface area (Å²) in [5, 5.41) is 2.85. The number of hydrogen-bond donors (Lipinski definition) is 1. The van der Waals surface area contributed by atoms with Crippen molar-refractivity contribution in [3.05, 3.63) is 70.3 Å². The van der Waals surface area contributed by atoms with E-state index in [4.69, 9.17) is 0 Å². The van der Waals surface area contributed by atoms with Gasteiger partial charge in [-0.2, -0.15) is 0 Å². The van der Waals surface area contributed by atoms with Crippen LogP contribution < -0.4 is 5.32 Å². The van der Waals surface area contributed by atoms with E-state index in [-0.39, 0.29) is 18.2 Å². The third-order valence-electron chi connectivity index (χ3n) is 5.55. The van der Waals surface area contributed by atoms with Crippen molar-refractivity contribution in [2.45, 2.75) is 32.2 Å². The first-order valence-corrected chi connectivity index (χ1v) is 8.75. The van der Waals surface area contributed by atoms with Gasteiger partial charge < -0.3 is 5.32 Å². The van der Waals surface area contributed by atoms with Gasteiger partial charge in [0, 0.05) is 5.56 Å². The molecule has 1 spiro atoms. The van der Waals surface area contributed by atoms with Crippen molar-refractivity contribution in [3.63, 3.8) is 0 Å². The van der Waals surface area contributed by atoms with Gasteiger partial charge in [-0.25, -0.2) is 4.79 Å². The van der Waals surface area contributed by atoms with Crippen LogP contribution in [0, 0.1) is 13.8 Å². The third kappa shape index (κ3) is 2.35. The standard InChI is InChI=1S/C21H20N2O3/c1-13-7-8-16(11-14(13)2)18(24)12-23-19(25)21(22-20(23)26)10-9-15-5-3-4-6-17(15)21/h3-8,11H,9-10,12H2,1-2H3,(H,22,26). The highest BCUT2D eigenvalue weighted by Crippen LogP contribution is 2.41. The smallest absolute Gasteiger partial charge is 0.319 e. The van der Waals surface area contributed by atoms with Crippen molar-refractivity contribution in [2.75, 3.05) is 6.54 Å². The Labute approximate surface area is 152 Å². The summed E-state index contributed by atoms with van der Waals surface area (Å²) in [4.78, 5) is 39.3. The number of hydrogen-bond acceptors (Lipinski definition) is 3. The van der Waals surface area contributed by atoms with E-state index in [0.29, 0.717) is 12.0 Å². The van der Waals surface area contributed by atoms with Crippen LogP contribution in [0.5, 0.6) is 0 Å². The van der Waals surface area contributed by atoms with E-state index in [1.165, 1.54) is 0 Å². The summed E-state index contributed by atoms with van der Waals surface area (Å²) >= 11 is 0. The molecule has 5 heteroatoms. The number of carbonyl (C=O) groups is 3. The molecule has 1 unspecified atom stereocenters. The van der Waals surface area contributed by atoms with Gasteiger partial charge >= 0.3 is 6.03 Å². The molecule has 1 aliphatic carbocycles. The number of ketones is 1. The van der Waals surface area contributed by atoms with Crippen molar-refractivity contribution in [2.24, 2.45) is 0 Å². The highest BCUT2D eigenvalue weighted by molar-refractivity contribution is 6.11. The monoisotopic (exact) mass is 348 g/mol. The van der Waals surface area contributed by atoms with Crippen molar-refractivity contribution in [3.8, 4) is 0 Å². The Morgan fingerprint density at radius 1 is 1.12 bits per heavy atom. The summed E-state index contributed by atoms with van der Waals surface area (Å²) in [6.07, 6.45) is 1.27. The van der Waals surface area contributed by atoms with E-state index in [9.17, 15) is 14.4 Å². The lowest BCUT2D eigenvalue weighted by molar-refractivity contribution is -0.131. The molecule has 0 aromatic heterocycles. The van der Waals surface area contributed by atoms with E-state index in [0.717, 1.165) is 33.6 Å². The maximum absolute atomic E-state index is 13.1. The van der Waals surface area contributed by atoms with Crippen LogP contribution in [0.25, 0.3) is 0 Å². The maximum Gasteiger partial charge on any atom is 0.325 e. The molecule has 1 fully saturated rings. The number of imide groups is 1. The van der Waals surface area contributed by atoms with Gasteiger partial charge in [0.25, 0.3) is 5.91 Å². The highest BCUT2D eigenvalue weighted by atomic mass is 16.2. The summed E-state index contributed by atoms with van der Waals surface area (Å²) in [6, 6.07) is 12.6. The highest BCUT2D eigenvalue weighted by Gasteiger charge is 2.55. The largest absolute Gasteiger partial charge is 0.325 e. The zero-order chi connectivity index (χ0) is 18.5. The van der Waals surface area contributed by atoms with Gasteiger partial charge in [-0.3, -0.25) is 14.5 Å². The average molecular weight is 348 g/mol. The van der Waals surface area contributed by atoms with E-state index in [1.54, 1.807) is 12.1 Å². The summed E-state index contributed by atoms with van der Waals surface area (Å²) in [5.74, 6) is -0.565. The summed E-state index contributed by atoms with van der Waals surface area (Å²) in [7, 11) is 0. The molecule has 0 saturated carbocycles. The fourth-order valence-electron chi connectivity index (χ4n) is 3.88. The van der Waals surface area contributed by atoms with Crippen molar-refractivity contribution in [1.82, 2.24) is 10.2 Å². The van der Waals surface area contributed by atoms with Crippen LogP contribution in [0.1, 0.15) is 39.0 Å². The number of fused-ring (bicyclic) bond motifs is 2. The summed E-state index contributed by atoms with van der Waals surface area (Å²) in [6.45, 7) is 3.67. The Bertz CT molecular complexity index is 950. The number of aryl methyl sites for hydroxylation is 3. The Hall–Kier alpha value is -2.95. The van der Waals surface area contributed by atoms with Crippen LogP contribution in [0.15, 0.2) is 42.5 Å². The molecule has 0 radical (unpaired) electrons. The van der Waals surface area contributed by atoms with Gasteiger partial charge in [0.1, 0.15) is 5.54 Å². The molecule has 1 aliphatic heterocycles. The van der Waals surface area contributed by atoms with Crippen LogP contribution in [0.4, 0.5) is 4.79 Å². The number of nitrogens with one attached hydrogen (secondary N) is 1. The first kappa shape index (κ1) is 16.5. The number of nitrogens with zero attached hydrogens (tertiary/aromatic N) is 1. The molecule has 2 aromatic carbocycles. The number of carbonyl (C=O) groups excluding carboxylic acids is 3. The summed E-state index contributed by atoms with van der Waals surface area (Å²) in [5.41, 5.74) is 3.52. The van der Waals surface area contributed by atoms with Gasteiger partial charge in [0.05, 0.1) is 6.54 Å². The quantitative estimate of drug-likeness (QED) is 0.685. The SMILES string of the molecule is Cc1ccc(C(=O)CN2C(=O)NC3(CCc4ccccc43)C2=O)cc1C. The zero-order valence-corrected chi connectivity index (χ0v) is 14.8. The van der Waals surface area contributed by atoms with E-state index >= 15 is 0 Å². The molecule has 1 N–H and O–H groups in total. The molecule has 4 rings (SSSR count). The zero-order valence-electron chi connectivity index (χ0n) is 14.8. The average Bonchev–Trinajstić information content (AvgIpc) is 3.11. The molecular formula is C21H20N2O3. The first-order chi connectivity index (χ1) is 12.4. The topological polar surface area (TPSA) is 66.5 Å². The van der Waals surface area contributed by atoms with E-state index in [1.807, 2.05) is 44.2 Å². The maximum atomic E-state index is 13.1. The number of urea groups is 1. The Morgan fingerprint density at radius 2 is 1.88 bits per heavy atom. The van der Waals surface area contributed by atoms with Crippen LogP contribution in [-0.4, -0.2) is 29.2 Å². The molecule has 2 aromatic rings. The lowest BCUT2D eigenvalue weighted by Crippen LogP contribution is -2.42. The van der Waals surface area contributed by atoms with E-state index < -0.39 is 11.6 Å². The molecule has 1 saturated heterocycles. The van der Waals surface area contributed by atoms with E-state index in [2.05, 4.69) is 5.32 Å². The lowest BCUT2D eigenvalue weighted by Gasteiger charge is -2.22. The Balaban J connectivity index is 1.61. The molecule has 0 bridgehead atoms. The van der Waals surface area contributed by atoms with Crippen LogP contribution >= 0.6 is 0 Å². The van der Waals surface area contributed by atoms with Gasteiger partial charge in [0.2, 0.25) is 0 Å². The van der Waals surface area contributed by atoms with Crippen molar-refractivity contribution < 1.29 is 14.4 Å². The number of Topliss-reactive ketones (excluding diaryl/α,β-unsaturated/α-hetero) is 1. The predicted octanol–water partition coefficient (Wildman–Crippen LogP) is 2.88. The van der Waals surface area contributed by atoms with Crippen LogP contribution in [0.2, 0.25) is 0 Å². The molecule has 1 heterocycles. The molecule has 2 aliphatic rings. The third-order valence-corrected chi connectivity index (χ3v) is 5.55. The number of rotatable bonds is 3. The first-order valence-electron chi connectivity index (χ1n) is 8.75. The van der Waals surface area contributed by atoms with Crippen LogP contribution in [0.3, 0.4) is 0 Å². The Kier molecular flexibility index (Phi) is 3.68. The molecular weight excluding hydrogens is 328 g/mol. The predicted molar refractivity (Wildman–Crippen MR) is 96.9 cm³/mol. The van der Waals surface area contributed by atoms with Crippen molar-refractivity contribution >= 4 is 17.7 Å². The van der Waals surface area contributed by atoms with Crippen molar-refractivity contribution in [1.29, 1.82) is 0 Å². The fourth-order valence-corrected chi connectivity index (χ4v) is 3.88. The minimum atomic E-state index is -1.02. The van der Waals surface area contributed by atoms with Gasteiger partial charge in [-0.15, -0.1) is 0 Å². The minimum Gasteiger partial charge on any atom is -0.319 e. The molecule has 5 nitrogen and oxygen atoms in total. The number of amides is 3. The Morgan fingerprint density at radius 3 is 2.65 bits per heavy atom. The second-order valence-electron chi connectivity index (χ2n) is 7.11. The second-order valence-corrected chi connectivity index (χ2v) is 7.11. The molecule has 3 amide bonds. The van der Waals surface area contributed by atoms with Gasteiger partial charge in [0.15, 0.2) is 5.78 Å². The van der Waals surface area contributed by atoms with Gasteiger partial charge in [-0.1, -0.05) is 36.4 Å². The minimum absolute atomic E-state index is 0.236. The second kappa shape index (κ2) is 5.80. The fraction of sp³-hybridized carbons (Fsp3) is 0.286. The summed E-state index contributed by atoms with van der Waals surface area (Å²) < 4.78 is 0. The molecule has 26 heavy (non-hydrogen) atoms. The van der Waals surface area contributed by atoms with Crippen LogP contribution in [-0.2, 0) is 16.8 Å². The molecule has 132 valence electrons. The van der Waals surface area contributed by atoms with Gasteiger partial charge in [-0.05, 0) is 55.0 Å².